The highest BCUT2D eigenvalue weighted by Gasteiger charge is 2.33. The second-order valence-electron chi connectivity index (χ2n) is 6.08. The van der Waals surface area contributed by atoms with Gasteiger partial charge >= 0.3 is 0 Å². The number of amides is 2. The summed E-state index contributed by atoms with van der Waals surface area (Å²) in [6.07, 6.45) is 6.08. The van der Waals surface area contributed by atoms with E-state index in [9.17, 15) is 9.59 Å². The van der Waals surface area contributed by atoms with Crippen molar-refractivity contribution in [2.45, 2.75) is 31.8 Å². The van der Waals surface area contributed by atoms with Crippen molar-refractivity contribution >= 4 is 11.8 Å². The van der Waals surface area contributed by atoms with E-state index in [1.54, 1.807) is 12.4 Å². The molecule has 6 heteroatoms. The van der Waals surface area contributed by atoms with Crippen molar-refractivity contribution in [3.8, 4) is 0 Å². The molecule has 0 spiro atoms. The van der Waals surface area contributed by atoms with Crippen LogP contribution in [0.2, 0.25) is 0 Å². The molecule has 1 aromatic heterocycles. The second kappa shape index (κ2) is 6.87. The molecule has 1 aromatic rings. The molecule has 2 heterocycles. The third-order valence-corrected chi connectivity index (χ3v) is 4.16. The zero-order valence-corrected chi connectivity index (χ0v) is 12.6. The van der Waals surface area contributed by atoms with Crippen LogP contribution in [0.3, 0.4) is 0 Å². The smallest absolute Gasteiger partial charge is 0.240 e. The number of rotatable bonds is 6. The lowest BCUT2D eigenvalue weighted by molar-refractivity contribution is -0.138. The van der Waals surface area contributed by atoms with Gasteiger partial charge in [0.05, 0.1) is 12.5 Å². The lowest BCUT2D eigenvalue weighted by atomic mass is 10.1. The first-order chi connectivity index (χ1) is 10.7. The average molecular weight is 302 g/mol. The molecule has 0 bridgehead atoms. The minimum absolute atomic E-state index is 0.0645. The van der Waals surface area contributed by atoms with Crippen LogP contribution >= 0.6 is 0 Å². The van der Waals surface area contributed by atoms with E-state index in [2.05, 4.69) is 15.6 Å². The quantitative estimate of drug-likeness (QED) is 0.792. The Hall–Kier alpha value is -1.95. The molecule has 0 radical (unpaired) electrons. The maximum Gasteiger partial charge on any atom is 0.240 e. The second-order valence-corrected chi connectivity index (χ2v) is 6.08. The van der Waals surface area contributed by atoms with Gasteiger partial charge in [0, 0.05) is 38.6 Å². The van der Waals surface area contributed by atoms with E-state index in [-0.39, 0.29) is 24.3 Å². The van der Waals surface area contributed by atoms with Crippen LogP contribution in [0.4, 0.5) is 0 Å². The van der Waals surface area contributed by atoms with E-state index in [4.69, 9.17) is 0 Å². The van der Waals surface area contributed by atoms with Crippen LogP contribution in [-0.4, -0.2) is 47.4 Å². The summed E-state index contributed by atoms with van der Waals surface area (Å²) in [5.41, 5.74) is 0.953. The van der Waals surface area contributed by atoms with Crippen LogP contribution < -0.4 is 10.6 Å². The molecule has 1 atom stereocenters. The van der Waals surface area contributed by atoms with Crippen LogP contribution in [0, 0.1) is 5.92 Å². The molecule has 1 saturated carbocycles. The fourth-order valence-corrected chi connectivity index (χ4v) is 2.71. The van der Waals surface area contributed by atoms with E-state index in [1.165, 1.54) is 12.8 Å². The van der Waals surface area contributed by atoms with Gasteiger partial charge in [-0.05, 0) is 30.4 Å². The number of carbonyl (C=O) groups is 2. The molecule has 6 nitrogen and oxygen atoms in total. The third kappa shape index (κ3) is 4.04. The largest absolute Gasteiger partial charge is 0.352 e. The molecular weight excluding hydrogens is 280 g/mol. The summed E-state index contributed by atoms with van der Waals surface area (Å²) in [4.78, 5) is 30.3. The molecule has 1 saturated heterocycles. The molecule has 22 heavy (non-hydrogen) atoms. The summed E-state index contributed by atoms with van der Waals surface area (Å²) in [6, 6.07) is 3.36. The van der Waals surface area contributed by atoms with Gasteiger partial charge in [-0.1, -0.05) is 6.07 Å². The summed E-state index contributed by atoms with van der Waals surface area (Å²) in [5, 5.41) is 6.00. The van der Waals surface area contributed by atoms with Crippen molar-refractivity contribution < 1.29 is 9.59 Å². The first-order valence-electron chi connectivity index (χ1n) is 7.90. The SMILES string of the molecule is O=C(CC1NCCN(CC2CC2)C1=O)NCc1cccnc1. The number of aromatic nitrogens is 1. The number of nitrogens with one attached hydrogen (secondary N) is 2. The van der Waals surface area contributed by atoms with Crippen molar-refractivity contribution in [1.29, 1.82) is 0 Å². The predicted molar refractivity (Wildman–Crippen MR) is 81.8 cm³/mol. The zero-order chi connectivity index (χ0) is 15.4. The van der Waals surface area contributed by atoms with Gasteiger partial charge in [0.15, 0.2) is 0 Å². The fourth-order valence-electron chi connectivity index (χ4n) is 2.71. The Bertz CT molecular complexity index is 530. The number of pyridine rings is 1. The predicted octanol–water partition coefficient (Wildman–Crippen LogP) is 0.298. The molecule has 1 aliphatic heterocycles. The topological polar surface area (TPSA) is 74.3 Å². The Balaban J connectivity index is 1.46. The van der Waals surface area contributed by atoms with E-state index in [0.717, 1.165) is 25.2 Å². The molecule has 3 rings (SSSR count). The third-order valence-electron chi connectivity index (χ3n) is 4.16. The maximum atomic E-state index is 12.4. The van der Waals surface area contributed by atoms with Gasteiger partial charge in [-0.25, -0.2) is 0 Å². The zero-order valence-electron chi connectivity index (χ0n) is 12.6. The Kier molecular flexibility index (Phi) is 4.68. The van der Waals surface area contributed by atoms with Gasteiger partial charge in [0.2, 0.25) is 11.8 Å². The Morgan fingerprint density at radius 2 is 2.32 bits per heavy atom. The van der Waals surface area contributed by atoms with Gasteiger partial charge in [-0.15, -0.1) is 0 Å². The van der Waals surface area contributed by atoms with Gasteiger partial charge in [-0.2, -0.15) is 0 Å². The normalized spacial score (nSPS) is 21.7. The molecule has 118 valence electrons. The first kappa shape index (κ1) is 15.0. The summed E-state index contributed by atoms with van der Waals surface area (Å²) < 4.78 is 0. The number of hydrogen-bond donors (Lipinski definition) is 2. The Morgan fingerprint density at radius 3 is 3.05 bits per heavy atom. The van der Waals surface area contributed by atoms with Gasteiger partial charge in [0.25, 0.3) is 0 Å². The highest BCUT2D eigenvalue weighted by atomic mass is 16.2. The first-order valence-corrected chi connectivity index (χ1v) is 7.90. The molecule has 1 aliphatic carbocycles. The standard InChI is InChI=1S/C16H22N4O2/c21-15(19-10-13-2-1-5-17-9-13)8-14-16(22)20(7-6-18-14)11-12-3-4-12/h1-2,5,9,12,14,18H,3-4,6-8,10-11H2,(H,19,21). The highest BCUT2D eigenvalue weighted by Crippen LogP contribution is 2.30. The van der Waals surface area contributed by atoms with Gasteiger partial charge in [-0.3, -0.25) is 14.6 Å². The average Bonchev–Trinajstić information content (AvgIpc) is 3.34. The van der Waals surface area contributed by atoms with Crippen LogP contribution in [0.1, 0.15) is 24.8 Å². The maximum absolute atomic E-state index is 12.4. The van der Waals surface area contributed by atoms with E-state index < -0.39 is 0 Å². The molecule has 2 fully saturated rings. The van der Waals surface area contributed by atoms with Crippen molar-refractivity contribution in [2.75, 3.05) is 19.6 Å². The molecular formula is C16H22N4O2. The lowest BCUT2D eigenvalue weighted by Gasteiger charge is -2.33. The van der Waals surface area contributed by atoms with Crippen molar-refractivity contribution in [3.05, 3.63) is 30.1 Å². The summed E-state index contributed by atoms with van der Waals surface area (Å²) >= 11 is 0. The van der Waals surface area contributed by atoms with Crippen LogP contribution in [0.5, 0.6) is 0 Å². The van der Waals surface area contributed by atoms with Crippen molar-refractivity contribution in [1.82, 2.24) is 20.5 Å². The molecule has 2 amide bonds. The molecule has 2 aliphatic rings. The van der Waals surface area contributed by atoms with Gasteiger partial charge < -0.3 is 15.5 Å². The van der Waals surface area contributed by atoms with Crippen LogP contribution in [0.25, 0.3) is 0 Å². The van der Waals surface area contributed by atoms with E-state index in [1.807, 2.05) is 17.0 Å². The Labute approximate surface area is 130 Å². The number of nitrogens with zero attached hydrogens (tertiary/aromatic N) is 2. The van der Waals surface area contributed by atoms with E-state index >= 15 is 0 Å². The fraction of sp³-hybridized carbons (Fsp3) is 0.562. The highest BCUT2D eigenvalue weighted by molar-refractivity contribution is 5.88. The van der Waals surface area contributed by atoms with Crippen molar-refractivity contribution in [2.24, 2.45) is 5.92 Å². The van der Waals surface area contributed by atoms with Crippen LogP contribution in [-0.2, 0) is 16.1 Å². The molecule has 0 aromatic carbocycles. The number of hydrogen-bond acceptors (Lipinski definition) is 4. The summed E-state index contributed by atoms with van der Waals surface area (Å²) in [6.45, 7) is 2.82. The monoisotopic (exact) mass is 302 g/mol. The number of carbonyl (C=O) groups excluding carboxylic acids is 2. The van der Waals surface area contributed by atoms with E-state index in [0.29, 0.717) is 12.5 Å². The summed E-state index contributed by atoms with van der Waals surface area (Å²) in [5.74, 6) is 0.639. The minimum Gasteiger partial charge on any atom is -0.352 e. The number of piperazine rings is 1. The molecule has 2 N–H and O–H groups in total. The lowest BCUT2D eigenvalue weighted by Crippen LogP contribution is -2.56. The molecule has 1 unspecified atom stereocenters. The minimum atomic E-state index is -0.388. The Morgan fingerprint density at radius 1 is 1.45 bits per heavy atom. The summed E-state index contributed by atoms with van der Waals surface area (Å²) in [7, 11) is 0. The van der Waals surface area contributed by atoms with Crippen LogP contribution in [0.15, 0.2) is 24.5 Å². The van der Waals surface area contributed by atoms with Crippen molar-refractivity contribution in [3.63, 3.8) is 0 Å². The van der Waals surface area contributed by atoms with Gasteiger partial charge in [0.1, 0.15) is 0 Å².